The van der Waals surface area contributed by atoms with Crippen LogP contribution in [0.2, 0.25) is 0 Å². The van der Waals surface area contributed by atoms with E-state index in [2.05, 4.69) is 10.2 Å². The number of esters is 1. The van der Waals surface area contributed by atoms with Crippen molar-refractivity contribution in [3.63, 3.8) is 0 Å². The first-order valence-corrected chi connectivity index (χ1v) is 7.21. The lowest BCUT2D eigenvalue weighted by atomic mass is 9.83. The number of phenols is 1. The Bertz CT molecular complexity index is 777. The third-order valence-corrected chi connectivity index (χ3v) is 3.73. The van der Waals surface area contributed by atoms with Crippen LogP contribution in [-0.4, -0.2) is 27.9 Å². The number of benzene rings is 1. The molecule has 23 heavy (non-hydrogen) atoms. The van der Waals surface area contributed by atoms with E-state index in [1.54, 1.807) is 31.2 Å². The molecule has 7 nitrogen and oxygen atoms in total. The van der Waals surface area contributed by atoms with Crippen LogP contribution in [-0.2, 0) is 9.53 Å². The molecule has 1 unspecified atom stereocenters. The molecule has 0 saturated heterocycles. The van der Waals surface area contributed by atoms with Gasteiger partial charge in [-0.25, -0.2) is 4.79 Å². The van der Waals surface area contributed by atoms with Crippen LogP contribution < -0.4 is 10.5 Å². The number of carbonyl (C=O) groups is 1. The van der Waals surface area contributed by atoms with E-state index in [9.17, 15) is 9.90 Å². The molecule has 0 fully saturated rings. The molecule has 3 rings (SSSR count). The summed E-state index contributed by atoms with van der Waals surface area (Å²) in [6, 6.07) is 6.57. The quantitative estimate of drug-likeness (QED) is 0.743. The number of nitrogens with zero attached hydrogens (tertiary/aromatic N) is 1. The lowest BCUT2D eigenvalue weighted by molar-refractivity contribution is -0.139. The Hall–Kier alpha value is -2.96. The minimum absolute atomic E-state index is 0.0273. The predicted molar refractivity (Wildman–Crippen MR) is 81.7 cm³/mol. The summed E-state index contributed by atoms with van der Waals surface area (Å²) in [4.78, 5) is 12.4. The predicted octanol–water partition coefficient (Wildman–Crippen LogP) is 1.68. The van der Waals surface area contributed by atoms with Gasteiger partial charge in [0.2, 0.25) is 11.8 Å². The Morgan fingerprint density at radius 3 is 2.78 bits per heavy atom. The third-order valence-electron chi connectivity index (χ3n) is 3.73. The van der Waals surface area contributed by atoms with Gasteiger partial charge in [0.05, 0.1) is 12.5 Å². The fourth-order valence-corrected chi connectivity index (χ4v) is 2.71. The van der Waals surface area contributed by atoms with Crippen molar-refractivity contribution in [3.05, 3.63) is 52.5 Å². The summed E-state index contributed by atoms with van der Waals surface area (Å²) >= 11 is 0. The number of phenolic OH excluding ortho intramolecular Hbond substituents is 1. The van der Waals surface area contributed by atoms with Crippen molar-refractivity contribution < 1.29 is 19.4 Å². The van der Waals surface area contributed by atoms with Crippen molar-refractivity contribution in [2.75, 3.05) is 6.61 Å². The van der Waals surface area contributed by atoms with Crippen molar-refractivity contribution in [3.8, 4) is 11.6 Å². The number of rotatable bonds is 3. The molecular weight excluding hydrogens is 298 g/mol. The van der Waals surface area contributed by atoms with Crippen molar-refractivity contribution in [1.82, 2.24) is 10.2 Å². The standard InChI is InChI=1S/C16H17N3O4/c1-3-22-16(21)13-12(9-4-6-10(20)7-5-9)11-8(2)18-19-15(11)23-14(13)17/h4-7,12,20H,3,17H2,1-2H3,(H,18,19). The van der Waals surface area contributed by atoms with Crippen LogP contribution in [0.5, 0.6) is 11.6 Å². The number of hydrogen-bond donors (Lipinski definition) is 3. The van der Waals surface area contributed by atoms with Crippen molar-refractivity contribution in [1.29, 1.82) is 0 Å². The summed E-state index contributed by atoms with van der Waals surface area (Å²) in [6.45, 7) is 3.80. The summed E-state index contributed by atoms with van der Waals surface area (Å²) in [5.41, 5.74) is 8.46. The van der Waals surface area contributed by atoms with Crippen molar-refractivity contribution in [2.45, 2.75) is 19.8 Å². The minimum atomic E-state index is -0.533. The van der Waals surface area contributed by atoms with Crippen LogP contribution in [0.4, 0.5) is 0 Å². The van der Waals surface area contributed by atoms with Crippen LogP contribution >= 0.6 is 0 Å². The van der Waals surface area contributed by atoms with Gasteiger partial charge in [-0.1, -0.05) is 12.1 Å². The third kappa shape index (κ3) is 2.50. The number of carbonyl (C=O) groups excluding carboxylic acids is 1. The largest absolute Gasteiger partial charge is 0.508 e. The molecule has 1 aliphatic heterocycles. The van der Waals surface area contributed by atoms with Gasteiger partial charge in [0.15, 0.2) is 0 Å². The second-order valence-corrected chi connectivity index (χ2v) is 5.19. The Morgan fingerprint density at radius 2 is 2.13 bits per heavy atom. The highest BCUT2D eigenvalue weighted by molar-refractivity contribution is 5.92. The summed E-state index contributed by atoms with van der Waals surface area (Å²) in [5, 5.41) is 16.4. The van der Waals surface area contributed by atoms with Crippen molar-refractivity contribution >= 4 is 5.97 Å². The zero-order valence-electron chi connectivity index (χ0n) is 12.8. The summed E-state index contributed by atoms with van der Waals surface area (Å²) < 4.78 is 10.6. The number of nitrogens with one attached hydrogen (secondary N) is 1. The molecule has 1 aliphatic rings. The van der Waals surface area contributed by atoms with Gasteiger partial charge in [-0.15, -0.1) is 5.10 Å². The zero-order chi connectivity index (χ0) is 16.6. The normalized spacial score (nSPS) is 16.7. The monoisotopic (exact) mass is 315 g/mol. The number of ether oxygens (including phenoxy) is 2. The number of H-pyrrole nitrogens is 1. The van der Waals surface area contributed by atoms with E-state index >= 15 is 0 Å². The smallest absolute Gasteiger partial charge is 0.340 e. The van der Waals surface area contributed by atoms with E-state index in [1.165, 1.54) is 0 Å². The maximum atomic E-state index is 12.4. The minimum Gasteiger partial charge on any atom is -0.508 e. The summed E-state index contributed by atoms with van der Waals surface area (Å²) in [7, 11) is 0. The molecule has 0 spiro atoms. The number of aryl methyl sites for hydroxylation is 1. The topological polar surface area (TPSA) is 110 Å². The van der Waals surface area contributed by atoms with E-state index in [-0.39, 0.29) is 23.8 Å². The average molecular weight is 315 g/mol. The maximum absolute atomic E-state index is 12.4. The molecule has 1 aromatic heterocycles. The highest BCUT2D eigenvalue weighted by Gasteiger charge is 2.38. The van der Waals surface area contributed by atoms with Gasteiger partial charge in [-0.05, 0) is 31.5 Å². The molecule has 1 atom stereocenters. The highest BCUT2D eigenvalue weighted by atomic mass is 16.5. The Morgan fingerprint density at radius 1 is 1.43 bits per heavy atom. The first-order valence-electron chi connectivity index (χ1n) is 7.21. The number of nitrogens with two attached hydrogens (primary N) is 1. The summed E-state index contributed by atoms with van der Waals surface area (Å²) in [5.74, 6) is -0.558. The van der Waals surface area contributed by atoms with Crippen LogP contribution in [0.15, 0.2) is 35.7 Å². The van der Waals surface area contributed by atoms with E-state index in [1.807, 2.05) is 6.92 Å². The molecule has 4 N–H and O–H groups in total. The Labute approximate surface area is 132 Å². The lowest BCUT2D eigenvalue weighted by Crippen LogP contribution is -2.27. The first-order chi connectivity index (χ1) is 11.0. The lowest BCUT2D eigenvalue weighted by Gasteiger charge is -2.26. The fraction of sp³-hybridized carbons (Fsp3) is 0.250. The van der Waals surface area contributed by atoms with Gasteiger partial charge in [-0.3, -0.25) is 5.10 Å². The van der Waals surface area contributed by atoms with Gasteiger partial charge in [0.1, 0.15) is 11.3 Å². The molecule has 0 bridgehead atoms. The van der Waals surface area contributed by atoms with Gasteiger partial charge < -0.3 is 20.3 Å². The van der Waals surface area contributed by atoms with E-state index in [0.29, 0.717) is 5.88 Å². The number of aromatic amines is 1. The maximum Gasteiger partial charge on any atom is 0.340 e. The molecule has 120 valence electrons. The number of fused-ring (bicyclic) bond motifs is 1. The Kier molecular flexibility index (Phi) is 3.69. The molecule has 2 aromatic rings. The molecule has 0 amide bonds. The van der Waals surface area contributed by atoms with E-state index in [4.69, 9.17) is 15.2 Å². The van der Waals surface area contributed by atoms with E-state index < -0.39 is 11.9 Å². The number of hydrogen-bond acceptors (Lipinski definition) is 6. The molecule has 0 radical (unpaired) electrons. The highest BCUT2D eigenvalue weighted by Crippen LogP contribution is 2.43. The average Bonchev–Trinajstić information content (AvgIpc) is 2.88. The number of aromatic hydroxyl groups is 1. The van der Waals surface area contributed by atoms with Crippen LogP contribution in [0.3, 0.4) is 0 Å². The van der Waals surface area contributed by atoms with Crippen LogP contribution in [0.25, 0.3) is 0 Å². The molecule has 2 heterocycles. The van der Waals surface area contributed by atoms with E-state index in [0.717, 1.165) is 16.8 Å². The number of aromatic nitrogens is 2. The first kappa shape index (κ1) is 15.0. The second kappa shape index (κ2) is 5.68. The van der Waals surface area contributed by atoms with Gasteiger partial charge in [-0.2, -0.15) is 0 Å². The molecule has 0 aliphatic carbocycles. The zero-order valence-corrected chi connectivity index (χ0v) is 12.8. The summed E-state index contributed by atoms with van der Waals surface area (Å²) in [6.07, 6.45) is 0. The molecular formula is C16H17N3O4. The molecule has 0 saturated carbocycles. The van der Waals surface area contributed by atoms with Gasteiger partial charge >= 0.3 is 5.97 Å². The van der Waals surface area contributed by atoms with Gasteiger partial charge in [0, 0.05) is 11.3 Å². The second-order valence-electron chi connectivity index (χ2n) is 5.19. The van der Waals surface area contributed by atoms with Crippen LogP contribution in [0, 0.1) is 6.92 Å². The fourth-order valence-electron chi connectivity index (χ4n) is 2.71. The Balaban J connectivity index is 2.18. The SMILES string of the molecule is CCOC(=O)C1=C(N)Oc2n[nH]c(C)c2C1c1ccc(O)cc1. The van der Waals surface area contributed by atoms with Crippen LogP contribution in [0.1, 0.15) is 29.7 Å². The van der Waals surface area contributed by atoms with Crippen molar-refractivity contribution in [2.24, 2.45) is 5.73 Å². The van der Waals surface area contributed by atoms with Gasteiger partial charge in [0.25, 0.3) is 0 Å². The molecule has 1 aromatic carbocycles. The molecule has 7 heteroatoms.